The maximum absolute atomic E-state index is 11.5. The third kappa shape index (κ3) is 2.69. The monoisotopic (exact) mass is 313 g/mol. The molecule has 0 unspecified atom stereocenters. The van der Waals surface area contributed by atoms with E-state index in [9.17, 15) is 14.9 Å². The Kier molecular flexibility index (Phi) is 3.63. The van der Waals surface area contributed by atoms with Crippen LogP contribution in [0.1, 0.15) is 10.4 Å². The number of esters is 1. The molecule has 0 amide bonds. The van der Waals surface area contributed by atoms with Crippen molar-refractivity contribution in [1.82, 2.24) is 9.38 Å². The van der Waals surface area contributed by atoms with Gasteiger partial charge in [-0.1, -0.05) is 12.1 Å². The number of carbonyl (C=O) groups excluding carboxylic acids is 1. The number of aromatic nitrogens is 2. The van der Waals surface area contributed by atoms with Crippen LogP contribution in [0.15, 0.2) is 48.7 Å². The number of carbonyl (C=O) groups is 1. The van der Waals surface area contributed by atoms with Crippen LogP contribution in [-0.4, -0.2) is 27.4 Å². The molecule has 2 aromatic heterocycles. The first-order valence-electron chi connectivity index (χ1n) is 6.58. The van der Waals surface area contributed by atoms with Crippen LogP contribution in [0.3, 0.4) is 0 Å². The van der Waals surface area contributed by atoms with Gasteiger partial charge in [-0.15, -0.1) is 0 Å². The van der Waals surface area contributed by atoms with Crippen LogP contribution in [0.25, 0.3) is 5.65 Å². The molecule has 3 rings (SSSR count). The van der Waals surface area contributed by atoms with Crippen molar-refractivity contribution in [1.29, 1.82) is 0 Å². The summed E-state index contributed by atoms with van der Waals surface area (Å²) in [6.07, 6.45) is 1.53. The SMILES string of the molecule is COC(=O)c1cccc(Oc2nc3ccccn3c2[N+](=O)[O-])c1. The van der Waals surface area contributed by atoms with Gasteiger partial charge in [0.2, 0.25) is 5.65 Å². The molecular weight excluding hydrogens is 302 g/mol. The molecule has 0 N–H and O–H groups in total. The number of hydrogen-bond acceptors (Lipinski definition) is 6. The fourth-order valence-corrected chi connectivity index (χ4v) is 2.11. The highest BCUT2D eigenvalue weighted by atomic mass is 16.6. The van der Waals surface area contributed by atoms with E-state index < -0.39 is 10.9 Å². The van der Waals surface area contributed by atoms with Gasteiger partial charge in [-0.3, -0.25) is 0 Å². The van der Waals surface area contributed by atoms with Gasteiger partial charge in [0.1, 0.15) is 5.75 Å². The molecule has 3 aromatic rings. The van der Waals surface area contributed by atoms with Crippen molar-refractivity contribution in [2.75, 3.05) is 7.11 Å². The Morgan fingerprint density at radius 1 is 1.26 bits per heavy atom. The van der Waals surface area contributed by atoms with Gasteiger partial charge in [0.15, 0.2) is 0 Å². The summed E-state index contributed by atoms with van der Waals surface area (Å²) < 4.78 is 11.5. The van der Waals surface area contributed by atoms with Gasteiger partial charge >= 0.3 is 17.7 Å². The molecule has 0 radical (unpaired) electrons. The van der Waals surface area contributed by atoms with E-state index in [2.05, 4.69) is 9.72 Å². The van der Waals surface area contributed by atoms with Crippen LogP contribution >= 0.6 is 0 Å². The van der Waals surface area contributed by atoms with Crippen LogP contribution in [0.5, 0.6) is 11.6 Å². The highest BCUT2D eigenvalue weighted by molar-refractivity contribution is 5.89. The highest BCUT2D eigenvalue weighted by Gasteiger charge is 2.24. The van der Waals surface area contributed by atoms with Crippen LogP contribution in [0.2, 0.25) is 0 Å². The number of nitro groups is 1. The molecule has 1 aromatic carbocycles. The van der Waals surface area contributed by atoms with E-state index in [1.807, 2.05) is 0 Å². The van der Waals surface area contributed by atoms with Crippen LogP contribution in [-0.2, 0) is 4.74 Å². The quantitative estimate of drug-likeness (QED) is 0.417. The predicted octanol–water partition coefficient (Wildman–Crippen LogP) is 2.82. The Morgan fingerprint density at radius 3 is 2.83 bits per heavy atom. The predicted molar refractivity (Wildman–Crippen MR) is 79.7 cm³/mol. The molecule has 0 atom stereocenters. The Hall–Kier alpha value is -3.42. The van der Waals surface area contributed by atoms with E-state index in [0.29, 0.717) is 5.65 Å². The molecule has 8 heteroatoms. The molecule has 0 fully saturated rings. The van der Waals surface area contributed by atoms with Gasteiger partial charge in [-0.25, -0.2) is 4.79 Å². The Labute approximate surface area is 130 Å². The third-order valence-electron chi connectivity index (χ3n) is 3.12. The summed E-state index contributed by atoms with van der Waals surface area (Å²) in [5.41, 5.74) is 0.662. The van der Waals surface area contributed by atoms with E-state index >= 15 is 0 Å². The number of fused-ring (bicyclic) bond motifs is 1. The van der Waals surface area contributed by atoms with E-state index in [1.54, 1.807) is 36.4 Å². The fourth-order valence-electron chi connectivity index (χ4n) is 2.11. The van der Waals surface area contributed by atoms with Crippen molar-refractivity contribution >= 4 is 17.4 Å². The third-order valence-corrected chi connectivity index (χ3v) is 3.12. The molecule has 23 heavy (non-hydrogen) atoms. The van der Waals surface area contributed by atoms with Crippen molar-refractivity contribution in [2.45, 2.75) is 0 Å². The molecule has 0 aliphatic heterocycles. The number of pyridine rings is 1. The smallest absolute Gasteiger partial charge is 0.392 e. The average Bonchev–Trinajstić information content (AvgIpc) is 2.92. The Bertz CT molecular complexity index is 903. The molecule has 0 aliphatic carbocycles. The number of imidazole rings is 1. The van der Waals surface area contributed by atoms with Crippen molar-refractivity contribution in [3.63, 3.8) is 0 Å². The molecular formula is C15H11N3O5. The normalized spacial score (nSPS) is 10.5. The summed E-state index contributed by atoms with van der Waals surface area (Å²) in [6.45, 7) is 0. The number of methoxy groups -OCH3 is 1. The molecule has 0 saturated carbocycles. The van der Waals surface area contributed by atoms with Gasteiger partial charge in [-0.2, -0.15) is 9.38 Å². The lowest BCUT2D eigenvalue weighted by Gasteiger charge is -2.04. The summed E-state index contributed by atoms with van der Waals surface area (Å²) in [5.74, 6) is -0.716. The zero-order valence-corrected chi connectivity index (χ0v) is 12.0. The van der Waals surface area contributed by atoms with E-state index in [1.165, 1.54) is 23.8 Å². The molecule has 2 heterocycles. The van der Waals surface area contributed by atoms with Crippen molar-refractivity contribution in [2.24, 2.45) is 0 Å². The molecule has 0 bridgehead atoms. The summed E-state index contributed by atoms with van der Waals surface area (Å²) >= 11 is 0. The maximum atomic E-state index is 11.5. The Balaban J connectivity index is 2.03. The minimum absolute atomic E-state index is 0.150. The first-order chi connectivity index (χ1) is 11.1. The summed E-state index contributed by atoms with van der Waals surface area (Å²) in [4.78, 5) is 26.4. The van der Waals surface area contributed by atoms with Gasteiger partial charge in [0, 0.05) is 6.07 Å². The number of ether oxygens (including phenoxy) is 2. The topological polar surface area (TPSA) is 96.0 Å². The van der Waals surface area contributed by atoms with Crippen molar-refractivity contribution < 1.29 is 19.2 Å². The number of rotatable bonds is 4. The first-order valence-corrected chi connectivity index (χ1v) is 6.58. The lowest BCUT2D eigenvalue weighted by Crippen LogP contribution is -2.01. The molecule has 8 nitrogen and oxygen atoms in total. The molecule has 116 valence electrons. The second-order valence-electron chi connectivity index (χ2n) is 4.55. The van der Waals surface area contributed by atoms with E-state index in [-0.39, 0.29) is 23.0 Å². The molecule has 0 saturated heterocycles. The number of nitrogens with zero attached hydrogens (tertiary/aromatic N) is 3. The molecule has 0 aliphatic rings. The Morgan fingerprint density at radius 2 is 2.09 bits per heavy atom. The lowest BCUT2D eigenvalue weighted by atomic mass is 10.2. The first kappa shape index (κ1) is 14.5. The summed E-state index contributed by atoms with van der Waals surface area (Å²) in [5, 5.41) is 11.3. The maximum Gasteiger partial charge on any atom is 0.392 e. The van der Waals surface area contributed by atoms with Crippen molar-refractivity contribution in [3.05, 3.63) is 64.3 Å². The zero-order valence-electron chi connectivity index (χ0n) is 12.0. The largest absolute Gasteiger partial charge is 0.465 e. The van der Waals surface area contributed by atoms with Gasteiger partial charge in [0.05, 0.1) is 18.9 Å². The van der Waals surface area contributed by atoms with Gasteiger partial charge in [0.25, 0.3) is 0 Å². The minimum Gasteiger partial charge on any atom is -0.465 e. The van der Waals surface area contributed by atoms with Crippen LogP contribution in [0.4, 0.5) is 5.82 Å². The second-order valence-corrected chi connectivity index (χ2v) is 4.55. The lowest BCUT2D eigenvalue weighted by molar-refractivity contribution is -0.391. The van der Waals surface area contributed by atoms with Crippen molar-refractivity contribution in [3.8, 4) is 11.6 Å². The zero-order chi connectivity index (χ0) is 16.4. The highest BCUT2D eigenvalue weighted by Crippen LogP contribution is 2.31. The van der Waals surface area contributed by atoms with Gasteiger partial charge in [-0.05, 0) is 29.2 Å². The average molecular weight is 313 g/mol. The minimum atomic E-state index is -0.570. The standard InChI is InChI=1S/C15H11N3O5/c1-22-15(19)10-5-4-6-11(9-10)23-13-14(18(20)21)17-8-3-2-7-12(17)16-13/h2-9H,1H3. The summed E-state index contributed by atoms with van der Waals surface area (Å²) in [7, 11) is 1.27. The van der Waals surface area contributed by atoms with Crippen LogP contribution in [0, 0.1) is 10.1 Å². The number of benzene rings is 1. The second kappa shape index (κ2) is 5.76. The molecule has 0 spiro atoms. The summed E-state index contributed by atoms with van der Waals surface area (Å²) in [6, 6.07) is 11.1. The van der Waals surface area contributed by atoms with Gasteiger partial charge < -0.3 is 19.6 Å². The number of hydrogen-bond donors (Lipinski definition) is 0. The van der Waals surface area contributed by atoms with Crippen LogP contribution < -0.4 is 4.74 Å². The van der Waals surface area contributed by atoms with E-state index in [0.717, 1.165) is 0 Å². The fraction of sp³-hybridized carbons (Fsp3) is 0.0667. The van der Waals surface area contributed by atoms with E-state index in [4.69, 9.17) is 4.74 Å².